The van der Waals surface area contributed by atoms with E-state index in [0.29, 0.717) is 23.3 Å². The zero-order chi connectivity index (χ0) is 22.3. The van der Waals surface area contributed by atoms with E-state index in [1.165, 1.54) is 18.8 Å². The number of urea groups is 1. The fraction of sp³-hybridized carbons (Fsp3) is 0.130. The summed E-state index contributed by atoms with van der Waals surface area (Å²) in [6, 6.07) is 22.2. The molecule has 8 nitrogen and oxygen atoms in total. The molecule has 32 heavy (non-hydrogen) atoms. The second-order valence-electron chi connectivity index (χ2n) is 6.83. The molecule has 0 saturated carbocycles. The summed E-state index contributed by atoms with van der Waals surface area (Å²) in [5, 5.41) is 13.3. The van der Waals surface area contributed by atoms with Crippen LogP contribution in [0.1, 0.15) is 16.4 Å². The zero-order valence-electron chi connectivity index (χ0n) is 17.3. The number of nitrogens with zero attached hydrogens (tertiary/aromatic N) is 3. The molecule has 0 bridgehead atoms. The van der Waals surface area contributed by atoms with Gasteiger partial charge in [-0.3, -0.25) is 14.7 Å². The third kappa shape index (κ3) is 4.89. The van der Waals surface area contributed by atoms with Gasteiger partial charge in [0.2, 0.25) is 11.7 Å². The van der Waals surface area contributed by atoms with Crippen molar-refractivity contribution in [1.82, 2.24) is 25.4 Å². The highest BCUT2D eigenvalue weighted by Gasteiger charge is 2.27. The number of carbonyl (C=O) groups excluding carboxylic acids is 2. The molecule has 0 spiro atoms. The molecule has 3 amide bonds. The van der Waals surface area contributed by atoms with Crippen molar-refractivity contribution in [2.75, 3.05) is 7.05 Å². The Morgan fingerprint density at radius 1 is 1.00 bits per heavy atom. The van der Waals surface area contributed by atoms with Crippen LogP contribution >= 0.6 is 11.8 Å². The van der Waals surface area contributed by atoms with Gasteiger partial charge in [-0.1, -0.05) is 72.4 Å². The molecule has 0 aliphatic heterocycles. The summed E-state index contributed by atoms with van der Waals surface area (Å²) in [4.78, 5) is 24.7. The number of imide groups is 1. The second-order valence-corrected chi connectivity index (χ2v) is 7.90. The Morgan fingerprint density at radius 2 is 1.72 bits per heavy atom. The molecular formula is C23H21N5O3S. The molecule has 9 heteroatoms. The predicted molar refractivity (Wildman–Crippen MR) is 121 cm³/mol. The monoisotopic (exact) mass is 447 g/mol. The number of hydrogen-bond acceptors (Lipinski definition) is 6. The Labute approximate surface area is 189 Å². The van der Waals surface area contributed by atoms with Crippen LogP contribution in [0.3, 0.4) is 0 Å². The smallest absolute Gasteiger partial charge is 0.321 e. The van der Waals surface area contributed by atoms with Crippen molar-refractivity contribution in [2.24, 2.45) is 0 Å². The maximum absolute atomic E-state index is 13.0. The quantitative estimate of drug-likeness (QED) is 0.417. The van der Waals surface area contributed by atoms with Crippen LogP contribution in [0.25, 0.3) is 11.6 Å². The topological polar surface area (TPSA) is 102 Å². The van der Waals surface area contributed by atoms with Gasteiger partial charge in [-0.25, -0.2) is 4.79 Å². The van der Waals surface area contributed by atoms with Gasteiger partial charge in [0.15, 0.2) is 10.9 Å². The minimum absolute atomic E-state index is 0.450. The molecule has 162 valence electrons. The average Bonchev–Trinajstić information content (AvgIpc) is 3.49. The van der Waals surface area contributed by atoms with Crippen LogP contribution in [0.5, 0.6) is 0 Å². The number of carbonyl (C=O) groups is 2. The normalized spacial score (nSPS) is 11.7. The van der Waals surface area contributed by atoms with Crippen molar-refractivity contribution >= 4 is 23.7 Å². The molecule has 0 fully saturated rings. The number of furan rings is 1. The molecule has 2 N–H and O–H groups in total. The van der Waals surface area contributed by atoms with E-state index in [1.54, 1.807) is 12.3 Å². The van der Waals surface area contributed by atoms with Crippen molar-refractivity contribution in [2.45, 2.75) is 17.0 Å². The first kappa shape index (κ1) is 21.4. The van der Waals surface area contributed by atoms with Gasteiger partial charge < -0.3 is 9.73 Å². The lowest BCUT2D eigenvalue weighted by Crippen LogP contribution is -2.39. The summed E-state index contributed by atoms with van der Waals surface area (Å²) in [6.45, 7) is 0.491. The number of thioether (sulfide) groups is 1. The first-order chi connectivity index (χ1) is 15.7. The number of nitrogens with one attached hydrogen (secondary N) is 2. The van der Waals surface area contributed by atoms with Gasteiger partial charge in [-0.15, -0.1) is 10.2 Å². The molecule has 0 radical (unpaired) electrons. The Kier molecular flexibility index (Phi) is 6.66. The molecule has 0 unspecified atom stereocenters. The predicted octanol–water partition coefficient (Wildman–Crippen LogP) is 3.88. The second kappa shape index (κ2) is 9.97. The molecule has 0 aliphatic carbocycles. The largest absolute Gasteiger partial charge is 0.461 e. The van der Waals surface area contributed by atoms with Gasteiger partial charge in [0.1, 0.15) is 5.25 Å². The fourth-order valence-corrected chi connectivity index (χ4v) is 4.15. The number of benzene rings is 2. The number of hydrogen-bond donors (Lipinski definition) is 2. The number of aromatic nitrogens is 3. The highest BCUT2D eigenvalue weighted by Crippen LogP contribution is 2.36. The first-order valence-corrected chi connectivity index (χ1v) is 10.8. The molecule has 2 aromatic carbocycles. The SMILES string of the molecule is CNC(=O)NC(=O)[C@H](Sc1nnc(-c2ccco2)n1Cc1ccccc1)c1ccccc1. The lowest BCUT2D eigenvalue weighted by atomic mass is 10.1. The highest BCUT2D eigenvalue weighted by atomic mass is 32.2. The van der Waals surface area contributed by atoms with Crippen molar-refractivity contribution in [1.29, 1.82) is 0 Å². The van der Waals surface area contributed by atoms with Gasteiger partial charge >= 0.3 is 6.03 Å². The Morgan fingerprint density at radius 3 is 2.38 bits per heavy atom. The van der Waals surface area contributed by atoms with E-state index < -0.39 is 17.2 Å². The van der Waals surface area contributed by atoms with E-state index in [9.17, 15) is 9.59 Å². The molecule has 2 heterocycles. The number of amides is 3. The van der Waals surface area contributed by atoms with Crippen LogP contribution in [-0.2, 0) is 11.3 Å². The summed E-state index contributed by atoms with van der Waals surface area (Å²) in [5.74, 6) is 0.681. The van der Waals surface area contributed by atoms with Crippen LogP contribution in [0.2, 0.25) is 0 Å². The van der Waals surface area contributed by atoms with E-state index in [4.69, 9.17) is 4.42 Å². The molecule has 2 aromatic heterocycles. The van der Waals surface area contributed by atoms with E-state index in [1.807, 2.05) is 71.3 Å². The molecule has 1 atom stereocenters. The third-order valence-corrected chi connectivity index (χ3v) is 5.90. The van der Waals surface area contributed by atoms with Crippen molar-refractivity contribution in [3.8, 4) is 11.6 Å². The summed E-state index contributed by atoms with van der Waals surface area (Å²) < 4.78 is 7.46. The molecule has 0 aliphatic rings. The summed E-state index contributed by atoms with van der Waals surface area (Å²) in [7, 11) is 1.46. The minimum Gasteiger partial charge on any atom is -0.461 e. The Hall–Kier alpha value is -3.85. The van der Waals surface area contributed by atoms with Crippen LogP contribution in [0.4, 0.5) is 4.79 Å². The average molecular weight is 448 g/mol. The Bertz CT molecular complexity index is 1180. The summed E-state index contributed by atoms with van der Waals surface area (Å²) in [5.41, 5.74) is 1.79. The van der Waals surface area contributed by atoms with Gasteiger partial charge in [0, 0.05) is 7.05 Å². The molecular weight excluding hydrogens is 426 g/mol. The lowest BCUT2D eigenvalue weighted by Gasteiger charge is -2.17. The third-order valence-electron chi connectivity index (χ3n) is 4.67. The van der Waals surface area contributed by atoms with Gasteiger partial charge in [0.05, 0.1) is 12.8 Å². The van der Waals surface area contributed by atoms with Crippen molar-refractivity contribution < 1.29 is 14.0 Å². The van der Waals surface area contributed by atoms with Crippen molar-refractivity contribution in [3.63, 3.8) is 0 Å². The zero-order valence-corrected chi connectivity index (χ0v) is 18.1. The molecule has 0 saturated heterocycles. The van der Waals surface area contributed by atoms with Gasteiger partial charge in [-0.2, -0.15) is 0 Å². The summed E-state index contributed by atoms with van der Waals surface area (Å²) >= 11 is 1.22. The maximum atomic E-state index is 13.0. The molecule has 4 aromatic rings. The van der Waals surface area contributed by atoms with Crippen LogP contribution in [0.15, 0.2) is 88.6 Å². The first-order valence-electron chi connectivity index (χ1n) is 9.91. The van der Waals surface area contributed by atoms with Crippen LogP contribution < -0.4 is 10.6 Å². The highest BCUT2D eigenvalue weighted by molar-refractivity contribution is 8.00. The van der Waals surface area contributed by atoms with E-state index >= 15 is 0 Å². The Balaban J connectivity index is 1.71. The van der Waals surface area contributed by atoms with E-state index in [0.717, 1.165) is 11.1 Å². The fourth-order valence-electron chi connectivity index (χ4n) is 3.12. The maximum Gasteiger partial charge on any atom is 0.321 e. The van der Waals surface area contributed by atoms with Crippen LogP contribution in [0, 0.1) is 0 Å². The van der Waals surface area contributed by atoms with E-state index in [2.05, 4.69) is 20.8 Å². The standard InChI is InChI=1S/C23H21N5O3S/c1-24-22(30)25-21(29)19(17-11-6-3-7-12-17)32-23-27-26-20(18-13-8-14-31-18)28(23)15-16-9-4-2-5-10-16/h2-14,19H,15H2,1H3,(H2,24,25,29,30)/t19-/m1/s1. The number of rotatable bonds is 7. The summed E-state index contributed by atoms with van der Waals surface area (Å²) in [6.07, 6.45) is 1.58. The van der Waals surface area contributed by atoms with E-state index in [-0.39, 0.29) is 0 Å². The minimum atomic E-state index is -0.711. The van der Waals surface area contributed by atoms with Gasteiger partial charge in [0.25, 0.3) is 0 Å². The molecule has 4 rings (SSSR count). The lowest BCUT2D eigenvalue weighted by molar-refractivity contribution is -0.119. The van der Waals surface area contributed by atoms with Gasteiger partial charge in [-0.05, 0) is 23.3 Å². The van der Waals surface area contributed by atoms with Crippen molar-refractivity contribution in [3.05, 3.63) is 90.2 Å². The van der Waals surface area contributed by atoms with Crippen LogP contribution in [-0.4, -0.2) is 33.8 Å².